The number of fused-ring (bicyclic) bond motifs is 2. The SMILES string of the molecule is CC(C(=O)O)[C@H]1CC[C@@H](N2CC=C(c3[nH]c4nccc5c4c3CN(C)c3ccc(F)cc3-5)CC2)CC1. The van der Waals surface area contributed by atoms with Crippen molar-refractivity contribution in [2.75, 3.05) is 25.0 Å². The van der Waals surface area contributed by atoms with E-state index in [1.54, 1.807) is 12.3 Å². The fourth-order valence-electron chi connectivity index (χ4n) is 6.63. The number of benzene rings is 1. The van der Waals surface area contributed by atoms with Crippen molar-refractivity contribution in [2.45, 2.75) is 51.6 Å². The second-order valence-corrected chi connectivity index (χ2v) is 10.7. The molecule has 2 N–H and O–H groups in total. The van der Waals surface area contributed by atoms with Gasteiger partial charge in [0.15, 0.2) is 0 Å². The number of carboxylic acids is 1. The largest absolute Gasteiger partial charge is 0.481 e. The van der Waals surface area contributed by atoms with Gasteiger partial charge in [-0.05, 0) is 73.4 Å². The van der Waals surface area contributed by atoms with E-state index < -0.39 is 5.97 Å². The van der Waals surface area contributed by atoms with Gasteiger partial charge in [0.2, 0.25) is 0 Å². The maximum atomic E-state index is 14.2. The molecule has 0 bridgehead atoms. The molecule has 0 saturated heterocycles. The first kappa shape index (κ1) is 23.2. The molecule has 1 saturated carbocycles. The standard InChI is InChI=1S/C29H33FN4O2/c1-17(29(35)36)18-3-6-21(7-4-18)34-13-10-19(11-14-34)27-24-16-33(2)25-8-5-20(30)15-23(25)22-9-12-31-28(32-27)26(22)24/h5,8-10,12,15,17-18,21H,3-4,6-7,11,13-14,16H2,1-2H3,(H,31,32)(H,35,36)/t17?,18-,21+. The van der Waals surface area contributed by atoms with Gasteiger partial charge in [0.25, 0.3) is 0 Å². The number of hydrogen-bond donors (Lipinski definition) is 2. The third-order valence-electron chi connectivity index (χ3n) is 8.77. The molecule has 188 valence electrons. The van der Waals surface area contributed by atoms with Crippen LogP contribution in [-0.4, -0.2) is 52.1 Å². The number of nitrogens with zero attached hydrogens (tertiary/aromatic N) is 3. The Labute approximate surface area is 210 Å². The lowest BCUT2D eigenvalue weighted by Crippen LogP contribution is -2.41. The Kier molecular flexibility index (Phi) is 5.83. The number of H-pyrrole nitrogens is 1. The maximum Gasteiger partial charge on any atom is 0.306 e. The van der Waals surface area contributed by atoms with E-state index in [-0.39, 0.29) is 11.7 Å². The highest BCUT2D eigenvalue weighted by Gasteiger charge is 2.32. The van der Waals surface area contributed by atoms with Crippen LogP contribution in [0.4, 0.5) is 10.1 Å². The fraction of sp³-hybridized carbons (Fsp3) is 0.448. The van der Waals surface area contributed by atoms with Gasteiger partial charge in [-0.25, -0.2) is 9.37 Å². The highest BCUT2D eigenvalue weighted by atomic mass is 19.1. The van der Waals surface area contributed by atoms with Crippen LogP contribution in [0.3, 0.4) is 0 Å². The number of halogens is 1. The highest BCUT2D eigenvalue weighted by molar-refractivity contribution is 6.02. The van der Waals surface area contributed by atoms with Gasteiger partial charge in [0, 0.05) is 66.8 Å². The number of hydrogen-bond acceptors (Lipinski definition) is 4. The normalized spacial score (nSPS) is 23.2. The molecule has 2 aliphatic heterocycles. The minimum Gasteiger partial charge on any atom is -0.481 e. The number of carboxylic acid groups (broad SMARTS) is 1. The Bertz CT molecular complexity index is 1350. The molecule has 36 heavy (non-hydrogen) atoms. The lowest BCUT2D eigenvalue weighted by molar-refractivity contribution is -0.143. The van der Waals surface area contributed by atoms with Crippen molar-refractivity contribution in [3.05, 3.63) is 53.6 Å². The van der Waals surface area contributed by atoms with Crippen LogP contribution < -0.4 is 4.90 Å². The summed E-state index contributed by atoms with van der Waals surface area (Å²) in [7, 11) is 2.07. The zero-order chi connectivity index (χ0) is 25.0. The molecule has 7 heteroatoms. The second kappa shape index (κ2) is 9.04. The van der Waals surface area contributed by atoms with E-state index in [2.05, 4.69) is 32.9 Å². The first-order valence-electron chi connectivity index (χ1n) is 13.1. The molecule has 1 fully saturated rings. The molecule has 4 heterocycles. The van der Waals surface area contributed by atoms with Crippen LogP contribution >= 0.6 is 0 Å². The Balaban J connectivity index is 1.26. The van der Waals surface area contributed by atoms with Crippen LogP contribution in [0.15, 0.2) is 36.5 Å². The van der Waals surface area contributed by atoms with Crippen molar-refractivity contribution in [1.82, 2.24) is 14.9 Å². The Morgan fingerprint density at radius 3 is 2.72 bits per heavy atom. The quantitative estimate of drug-likeness (QED) is 0.494. The zero-order valence-corrected chi connectivity index (χ0v) is 20.9. The molecule has 1 atom stereocenters. The number of aromatic nitrogens is 2. The summed E-state index contributed by atoms with van der Waals surface area (Å²) in [6.07, 6.45) is 9.28. The summed E-state index contributed by atoms with van der Waals surface area (Å²) >= 11 is 0. The summed E-state index contributed by atoms with van der Waals surface area (Å²) in [4.78, 5) is 24.4. The number of pyridine rings is 1. The lowest BCUT2D eigenvalue weighted by Gasteiger charge is -2.39. The van der Waals surface area contributed by atoms with Crippen molar-refractivity contribution in [1.29, 1.82) is 0 Å². The molecule has 2 aromatic heterocycles. The third-order valence-corrected chi connectivity index (χ3v) is 8.77. The third kappa shape index (κ3) is 3.90. The molecule has 1 unspecified atom stereocenters. The molecule has 3 aliphatic rings. The van der Waals surface area contributed by atoms with E-state index in [0.29, 0.717) is 12.0 Å². The molecule has 6 nitrogen and oxygen atoms in total. The number of rotatable bonds is 4. The molecule has 0 radical (unpaired) electrons. The van der Waals surface area contributed by atoms with Gasteiger partial charge < -0.3 is 15.0 Å². The highest BCUT2D eigenvalue weighted by Crippen LogP contribution is 2.43. The van der Waals surface area contributed by atoms with Gasteiger partial charge in [-0.2, -0.15) is 0 Å². The lowest BCUT2D eigenvalue weighted by atomic mass is 9.78. The van der Waals surface area contributed by atoms with Crippen molar-refractivity contribution < 1.29 is 14.3 Å². The number of aliphatic carboxylic acids is 1. The Morgan fingerprint density at radius 2 is 2.00 bits per heavy atom. The molecule has 0 amide bonds. The summed E-state index contributed by atoms with van der Waals surface area (Å²) < 4.78 is 14.2. The van der Waals surface area contributed by atoms with E-state index in [9.17, 15) is 14.3 Å². The smallest absolute Gasteiger partial charge is 0.306 e. The van der Waals surface area contributed by atoms with E-state index in [1.165, 1.54) is 17.2 Å². The van der Waals surface area contributed by atoms with Gasteiger partial charge in [-0.3, -0.25) is 9.69 Å². The predicted octanol–water partition coefficient (Wildman–Crippen LogP) is 5.69. The van der Waals surface area contributed by atoms with Crippen LogP contribution in [0.25, 0.3) is 27.7 Å². The number of nitrogens with one attached hydrogen (secondary N) is 1. The first-order chi connectivity index (χ1) is 17.4. The number of aromatic amines is 1. The summed E-state index contributed by atoms with van der Waals surface area (Å²) in [6.45, 7) is 4.51. The van der Waals surface area contributed by atoms with Gasteiger partial charge in [0.05, 0.1) is 5.92 Å². The summed E-state index contributed by atoms with van der Waals surface area (Å²) in [5, 5.41) is 10.4. The molecular weight excluding hydrogens is 455 g/mol. The number of carbonyl (C=O) groups is 1. The van der Waals surface area contributed by atoms with Crippen LogP contribution in [0.5, 0.6) is 0 Å². The average molecular weight is 489 g/mol. The predicted molar refractivity (Wildman–Crippen MR) is 140 cm³/mol. The molecule has 3 aromatic rings. The van der Waals surface area contributed by atoms with E-state index >= 15 is 0 Å². The van der Waals surface area contributed by atoms with Crippen molar-refractivity contribution in [3.63, 3.8) is 0 Å². The zero-order valence-electron chi connectivity index (χ0n) is 20.9. The van der Waals surface area contributed by atoms with Crippen molar-refractivity contribution >= 4 is 28.3 Å². The molecule has 0 spiro atoms. The van der Waals surface area contributed by atoms with E-state index in [1.807, 2.05) is 19.1 Å². The monoisotopic (exact) mass is 488 g/mol. The Hall–Kier alpha value is -3.19. The molecular formula is C29H33FN4O2. The van der Waals surface area contributed by atoms with Gasteiger partial charge in [0.1, 0.15) is 11.5 Å². The Morgan fingerprint density at radius 1 is 1.19 bits per heavy atom. The fourth-order valence-corrected chi connectivity index (χ4v) is 6.63. The van der Waals surface area contributed by atoms with Crippen LogP contribution in [-0.2, 0) is 11.3 Å². The minimum absolute atomic E-state index is 0.229. The van der Waals surface area contributed by atoms with Crippen molar-refractivity contribution in [2.24, 2.45) is 11.8 Å². The van der Waals surface area contributed by atoms with Gasteiger partial charge in [-0.1, -0.05) is 13.0 Å². The van der Waals surface area contributed by atoms with Crippen LogP contribution in [0.1, 0.15) is 50.3 Å². The summed E-state index contributed by atoms with van der Waals surface area (Å²) in [5.41, 5.74) is 7.54. The van der Waals surface area contributed by atoms with E-state index in [4.69, 9.17) is 0 Å². The van der Waals surface area contributed by atoms with Crippen LogP contribution in [0, 0.1) is 17.7 Å². The minimum atomic E-state index is -0.668. The maximum absolute atomic E-state index is 14.2. The first-order valence-corrected chi connectivity index (χ1v) is 13.1. The van der Waals surface area contributed by atoms with E-state index in [0.717, 1.165) is 85.3 Å². The molecule has 1 aliphatic carbocycles. The topological polar surface area (TPSA) is 72.5 Å². The van der Waals surface area contributed by atoms with Gasteiger partial charge in [-0.15, -0.1) is 0 Å². The summed E-state index contributed by atoms with van der Waals surface area (Å²) in [6, 6.07) is 7.57. The summed E-state index contributed by atoms with van der Waals surface area (Å²) in [5.74, 6) is -0.845. The van der Waals surface area contributed by atoms with Crippen molar-refractivity contribution in [3.8, 4) is 11.1 Å². The number of anilines is 1. The molecule has 1 aromatic carbocycles. The van der Waals surface area contributed by atoms with Crippen LogP contribution in [0.2, 0.25) is 0 Å². The molecule has 6 rings (SSSR count). The van der Waals surface area contributed by atoms with Gasteiger partial charge >= 0.3 is 5.97 Å². The second-order valence-electron chi connectivity index (χ2n) is 10.7. The average Bonchev–Trinajstić information content (AvgIpc) is 3.20.